The molecule has 3 aromatic rings. The molecule has 8 heteroatoms. The number of carbonyl (C=O) groups excluding carboxylic acids is 1. The molecule has 176 valence electrons. The Kier molecular flexibility index (Phi) is 7.63. The Morgan fingerprint density at radius 1 is 1.21 bits per heavy atom. The Morgan fingerprint density at radius 2 is 1.94 bits per heavy atom. The van der Waals surface area contributed by atoms with Crippen LogP contribution in [0.25, 0.3) is 10.9 Å². The van der Waals surface area contributed by atoms with E-state index in [4.69, 9.17) is 16.3 Å². The maximum absolute atomic E-state index is 13.4. The van der Waals surface area contributed by atoms with Crippen molar-refractivity contribution in [3.63, 3.8) is 0 Å². The molecular formula is C26H25ClFN3O3. The highest BCUT2D eigenvalue weighted by Gasteiger charge is 2.19. The van der Waals surface area contributed by atoms with E-state index in [-0.39, 0.29) is 11.0 Å². The van der Waals surface area contributed by atoms with Crippen LogP contribution in [0.4, 0.5) is 4.39 Å². The average molecular weight is 482 g/mol. The van der Waals surface area contributed by atoms with Crippen LogP contribution in [0.1, 0.15) is 27.0 Å². The average Bonchev–Trinajstić information content (AvgIpc) is 2.85. The topological polar surface area (TPSA) is 65.6 Å². The molecule has 1 N–H and O–H groups in total. The van der Waals surface area contributed by atoms with Gasteiger partial charge in [0.2, 0.25) is 5.43 Å². The molecular weight excluding hydrogens is 457 g/mol. The molecule has 34 heavy (non-hydrogen) atoms. The second kappa shape index (κ2) is 10.8. The molecule has 0 aliphatic carbocycles. The second-order valence-electron chi connectivity index (χ2n) is 8.21. The molecule has 2 aromatic carbocycles. The lowest BCUT2D eigenvalue weighted by atomic mass is 10.0. The lowest BCUT2D eigenvalue weighted by Crippen LogP contribution is -2.35. The van der Waals surface area contributed by atoms with Crippen LogP contribution < -0.4 is 5.43 Å². The number of pyridine rings is 1. The van der Waals surface area contributed by atoms with Crippen LogP contribution in [0.15, 0.2) is 47.4 Å². The van der Waals surface area contributed by atoms with Gasteiger partial charge >= 0.3 is 0 Å². The van der Waals surface area contributed by atoms with Crippen molar-refractivity contribution in [1.82, 2.24) is 14.8 Å². The molecule has 2 heterocycles. The van der Waals surface area contributed by atoms with Gasteiger partial charge in [0.1, 0.15) is 5.56 Å². The van der Waals surface area contributed by atoms with Crippen molar-refractivity contribution >= 4 is 28.4 Å². The van der Waals surface area contributed by atoms with Crippen molar-refractivity contribution in [3.05, 3.63) is 80.1 Å². The monoisotopic (exact) mass is 481 g/mol. The summed E-state index contributed by atoms with van der Waals surface area (Å²) >= 11 is 5.94. The number of rotatable bonds is 5. The highest BCUT2D eigenvalue weighted by Crippen LogP contribution is 2.20. The van der Waals surface area contributed by atoms with Crippen molar-refractivity contribution < 1.29 is 13.9 Å². The number of nitrogens with zero attached hydrogens (tertiary/aromatic N) is 2. The summed E-state index contributed by atoms with van der Waals surface area (Å²) in [6.07, 6.45) is 1.41. The first-order valence-electron chi connectivity index (χ1n) is 11.0. The van der Waals surface area contributed by atoms with Gasteiger partial charge in [0.05, 0.1) is 18.7 Å². The van der Waals surface area contributed by atoms with E-state index in [1.54, 1.807) is 25.2 Å². The van der Waals surface area contributed by atoms with Gasteiger partial charge in [-0.15, -0.1) is 0 Å². The molecule has 6 nitrogen and oxygen atoms in total. The SMILES string of the molecule is CN(Cc1ccc(Cl)cc1)C(=O)c1c[nH]c2c(C#CCF)cc(CN3CCOCC3)cc2c1=O. The molecule has 0 spiro atoms. The summed E-state index contributed by atoms with van der Waals surface area (Å²) in [7, 11) is 1.65. The predicted octanol–water partition coefficient (Wildman–Crippen LogP) is 3.61. The number of benzene rings is 2. The number of ether oxygens (including phenoxy) is 1. The number of nitrogens with one attached hydrogen (secondary N) is 1. The van der Waals surface area contributed by atoms with Crippen LogP contribution in [-0.4, -0.2) is 60.7 Å². The summed E-state index contributed by atoms with van der Waals surface area (Å²) in [5, 5.41) is 0.975. The third kappa shape index (κ3) is 5.48. The molecule has 4 rings (SSSR count). The summed E-state index contributed by atoms with van der Waals surface area (Å²) in [6, 6.07) is 10.8. The van der Waals surface area contributed by atoms with Gasteiger partial charge in [0, 0.05) is 55.4 Å². The van der Waals surface area contributed by atoms with Gasteiger partial charge in [-0.25, -0.2) is 4.39 Å². The van der Waals surface area contributed by atoms with Crippen LogP contribution >= 0.6 is 11.6 Å². The zero-order valence-electron chi connectivity index (χ0n) is 18.9. The first-order valence-corrected chi connectivity index (χ1v) is 11.4. The van der Waals surface area contributed by atoms with Gasteiger partial charge in [0.25, 0.3) is 5.91 Å². The third-order valence-corrected chi connectivity index (χ3v) is 6.01. The second-order valence-corrected chi connectivity index (χ2v) is 8.65. The number of hydrogen-bond donors (Lipinski definition) is 1. The molecule has 0 unspecified atom stereocenters. The summed E-state index contributed by atoms with van der Waals surface area (Å²) in [6.45, 7) is 3.03. The number of aromatic nitrogens is 1. The first kappa shape index (κ1) is 24.0. The maximum Gasteiger partial charge on any atom is 0.259 e. The molecule has 1 aromatic heterocycles. The van der Waals surface area contributed by atoms with Gasteiger partial charge in [-0.3, -0.25) is 14.5 Å². The number of morpholine rings is 1. The Balaban J connectivity index is 1.69. The minimum Gasteiger partial charge on any atom is -0.379 e. The largest absolute Gasteiger partial charge is 0.379 e. The molecule has 1 amide bonds. The molecule has 1 aliphatic rings. The van der Waals surface area contributed by atoms with Gasteiger partial charge < -0.3 is 14.6 Å². The highest BCUT2D eigenvalue weighted by molar-refractivity contribution is 6.30. The quantitative estimate of drug-likeness (QED) is 0.565. The van der Waals surface area contributed by atoms with Crippen molar-refractivity contribution in [3.8, 4) is 11.8 Å². The summed E-state index contributed by atoms with van der Waals surface area (Å²) in [5.74, 6) is 4.85. The number of hydrogen-bond acceptors (Lipinski definition) is 4. The summed E-state index contributed by atoms with van der Waals surface area (Å²) in [4.78, 5) is 33.3. The van der Waals surface area contributed by atoms with E-state index in [2.05, 4.69) is 21.7 Å². The fraction of sp³-hybridized carbons (Fsp3) is 0.308. The Labute approximate surface area is 202 Å². The van der Waals surface area contributed by atoms with E-state index in [9.17, 15) is 14.0 Å². The van der Waals surface area contributed by atoms with Gasteiger partial charge in [0.15, 0.2) is 6.67 Å². The van der Waals surface area contributed by atoms with E-state index in [0.717, 1.165) is 24.2 Å². The van der Waals surface area contributed by atoms with Crippen molar-refractivity contribution in [2.24, 2.45) is 0 Å². The number of H-pyrrole nitrogens is 1. The van der Waals surface area contributed by atoms with E-state index in [1.807, 2.05) is 18.2 Å². The number of halogens is 2. The molecule has 0 saturated carbocycles. The van der Waals surface area contributed by atoms with Gasteiger partial charge in [-0.2, -0.15) is 0 Å². The molecule has 1 fully saturated rings. The first-order chi connectivity index (χ1) is 16.5. The zero-order valence-corrected chi connectivity index (χ0v) is 19.6. The number of fused-ring (bicyclic) bond motifs is 1. The van der Waals surface area contributed by atoms with E-state index in [0.29, 0.717) is 47.8 Å². The van der Waals surface area contributed by atoms with E-state index >= 15 is 0 Å². The van der Waals surface area contributed by atoms with Crippen LogP contribution in [0, 0.1) is 11.8 Å². The Hall–Kier alpha value is -3.18. The smallest absolute Gasteiger partial charge is 0.259 e. The fourth-order valence-electron chi connectivity index (χ4n) is 4.03. The minimum atomic E-state index is -0.786. The number of alkyl halides is 1. The van der Waals surface area contributed by atoms with Crippen LogP contribution in [0.2, 0.25) is 5.02 Å². The van der Waals surface area contributed by atoms with E-state index < -0.39 is 12.6 Å². The van der Waals surface area contributed by atoms with Gasteiger partial charge in [-0.05, 0) is 35.4 Å². The lowest BCUT2D eigenvalue weighted by molar-refractivity contribution is 0.0342. The van der Waals surface area contributed by atoms with Gasteiger partial charge in [-0.1, -0.05) is 35.6 Å². The number of amides is 1. The molecule has 0 bridgehead atoms. The third-order valence-electron chi connectivity index (χ3n) is 5.76. The van der Waals surface area contributed by atoms with E-state index in [1.165, 1.54) is 11.1 Å². The van der Waals surface area contributed by atoms with Crippen molar-refractivity contribution in [1.29, 1.82) is 0 Å². The highest BCUT2D eigenvalue weighted by atomic mass is 35.5. The van der Waals surface area contributed by atoms with Crippen LogP contribution in [0.5, 0.6) is 0 Å². The molecule has 1 aliphatic heterocycles. The fourth-order valence-corrected chi connectivity index (χ4v) is 4.15. The number of carbonyl (C=O) groups is 1. The Morgan fingerprint density at radius 3 is 2.65 bits per heavy atom. The lowest BCUT2D eigenvalue weighted by Gasteiger charge is -2.26. The summed E-state index contributed by atoms with van der Waals surface area (Å²) in [5.41, 5.74) is 2.46. The minimum absolute atomic E-state index is 0.0388. The summed E-state index contributed by atoms with van der Waals surface area (Å²) < 4.78 is 18.2. The zero-order chi connectivity index (χ0) is 24.1. The van der Waals surface area contributed by atoms with Crippen molar-refractivity contribution in [2.75, 3.05) is 40.0 Å². The normalized spacial score (nSPS) is 14.0. The molecule has 1 saturated heterocycles. The molecule has 0 radical (unpaired) electrons. The standard InChI is InChI=1S/C26H25ClFN3O3/c1-30(16-18-4-6-21(27)7-5-18)26(33)23-15-29-24-20(3-2-8-28)13-19(14-22(24)25(23)32)17-31-9-11-34-12-10-31/h4-7,13-15H,8-12,16-17H2,1H3,(H,29,32). The Bertz CT molecular complexity index is 1310. The number of aromatic amines is 1. The predicted molar refractivity (Wildman–Crippen MR) is 131 cm³/mol. The van der Waals surface area contributed by atoms with Crippen LogP contribution in [0.3, 0.4) is 0 Å². The maximum atomic E-state index is 13.4. The van der Waals surface area contributed by atoms with Crippen LogP contribution in [-0.2, 0) is 17.8 Å². The van der Waals surface area contributed by atoms with Crippen molar-refractivity contribution in [2.45, 2.75) is 13.1 Å². The molecule has 0 atom stereocenters.